The van der Waals surface area contributed by atoms with Gasteiger partial charge in [-0.15, -0.1) is 5.10 Å². The molecule has 1 aliphatic rings. The Kier molecular flexibility index (Phi) is 6.53. The van der Waals surface area contributed by atoms with Gasteiger partial charge in [-0.3, -0.25) is 10.1 Å². The van der Waals surface area contributed by atoms with Crippen LogP contribution in [-0.2, 0) is 9.53 Å². The average Bonchev–Trinajstić information content (AvgIpc) is 3.23. The third kappa shape index (κ3) is 4.78. The van der Waals surface area contributed by atoms with Crippen LogP contribution in [0.25, 0.3) is 28.1 Å². The molecule has 1 fully saturated rings. The number of hydrogen-bond donors (Lipinski definition) is 1. The summed E-state index contributed by atoms with van der Waals surface area (Å²) < 4.78 is 19.3. The molecule has 6 heteroatoms. The summed E-state index contributed by atoms with van der Waals surface area (Å²) in [4.78, 5) is 16.3. The number of aromatic amines is 1. The molecule has 0 amide bonds. The maximum Gasteiger partial charge on any atom is 0.330 e. The Morgan fingerprint density at radius 1 is 1.09 bits per heavy atom. The van der Waals surface area contributed by atoms with E-state index in [0.717, 1.165) is 35.1 Å². The zero-order chi connectivity index (χ0) is 24.2. The molecule has 5 rings (SSSR count). The second-order valence-corrected chi connectivity index (χ2v) is 8.61. The summed E-state index contributed by atoms with van der Waals surface area (Å²) in [5.74, 6) is -0.491. The number of carbonyl (C=O) groups is 1. The van der Waals surface area contributed by atoms with Gasteiger partial charge in [-0.1, -0.05) is 48.9 Å². The standard InChI is InChI=1S/C29H26FN3O2/c1-2-35-26(34)16-14-23-13-11-22(18-31-23)28(21-12-15-25-24(17-21)29(30)33-32-25)27(20-9-6-10-20)19-7-4-3-5-8-19/h3-5,7-8,11-18,20H,2,6,9-10H2,1H3,(H,32,33)/b16-14+,28-27+. The molecule has 176 valence electrons. The van der Waals surface area contributed by atoms with E-state index in [1.54, 1.807) is 13.0 Å². The minimum Gasteiger partial charge on any atom is -0.463 e. The maximum atomic E-state index is 14.4. The van der Waals surface area contributed by atoms with Crippen LogP contribution < -0.4 is 0 Å². The molecule has 0 radical (unpaired) electrons. The van der Waals surface area contributed by atoms with Crippen molar-refractivity contribution in [2.75, 3.05) is 6.61 Å². The van der Waals surface area contributed by atoms with E-state index < -0.39 is 11.9 Å². The van der Waals surface area contributed by atoms with Crippen molar-refractivity contribution in [1.29, 1.82) is 0 Å². The fourth-order valence-corrected chi connectivity index (χ4v) is 4.51. The van der Waals surface area contributed by atoms with Crippen molar-refractivity contribution in [1.82, 2.24) is 15.2 Å². The van der Waals surface area contributed by atoms with Crippen LogP contribution >= 0.6 is 0 Å². The van der Waals surface area contributed by atoms with Gasteiger partial charge in [-0.2, -0.15) is 4.39 Å². The molecule has 2 aromatic carbocycles. The van der Waals surface area contributed by atoms with Gasteiger partial charge in [0.1, 0.15) is 0 Å². The summed E-state index contributed by atoms with van der Waals surface area (Å²) >= 11 is 0. The highest BCUT2D eigenvalue weighted by Crippen LogP contribution is 2.45. The number of nitrogens with one attached hydrogen (secondary N) is 1. The van der Waals surface area contributed by atoms with Crippen LogP contribution in [0.2, 0.25) is 0 Å². The Bertz CT molecular complexity index is 1400. The van der Waals surface area contributed by atoms with Crippen LogP contribution in [0.5, 0.6) is 0 Å². The lowest BCUT2D eigenvalue weighted by atomic mass is 9.73. The second kappa shape index (κ2) is 10.1. The number of aromatic nitrogens is 3. The van der Waals surface area contributed by atoms with Crippen LogP contribution in [0.3, 0.4) is 0 Å². The van der Waals surface area contributed by atoms with Crippen LogP contribution in [0.15, 0.2) is 72.9 Å². The van der Waals surface area contributed by atoms with Crippen LogP contribution in [0.4, 0.5) is 4.39 Å². The van der Waals surface area contributed by atoms with E-state index >= 15 is 0 Å². The van der Waals surface area contributed by atoms with Gasteiger partial charge >= 0.3 is 5.97 Å². The van der Waals surface area contributed by atoms with Crippen LogP contribution in [-0.4, -0.2) is 27.8 Å². The Labute approximate surface area is 203 Å². The zero-order valence-electron chi connectivity index (χ0n) is 19.5. The monoisotopic (exact) mass is 467 g/mol. The van der Waals surface area contributed by atoms with Gasteiger partial charge in [0.2, 0.25) is 5.95 Å². The highest BCUT2D eigenvalue weighted by atomic mass is 19.1. The lowest BCUT2D eigenvalue weighted by molar-refractivity contribution is -0.137. The molecule has 0 unspecified atom stereocenters. The molecule has 2 heterocycles. The number of benzene rings is 2. The Balaban J connectivity index is 1.66. The highest BCUT2D eigenvalue weighted by molar-refractivity contribution is 6.01. The average molecular weight is 468 g/mol. The fraction of sp³-hybridized carbons (Fsp3) is 0.207. The first-order valence-corrected chi connectivity index (χ1v) is 11.9. The summed E-state index contributed by atoms with van der Waals surface area (Å²) in [6.07, 6.45) is 8.26. The molecule has 1 aliphatic carbocycles. The van der Waals surface area contributed by atoms with E-state index in [2.05, 4.69) is 27.3 Å². The first-order chi connectivity index (χ1) is 17.1. The van der Waals surface area contributed by atoms with Crippen LogP contribution in [0.1, 0.15) is 48.6 Å². The molecule has 35 heavy (non-hydrogen) atoms. The van der Waals surface area contributed by atoms with Gasteiger partial charge in [-0.05, 0) is 72.2 Å². The molecular weight excluding hydrogens is 441 g/mol. The number of allylic oxidation sites excluding steroid dienone is 1. The number of H-pyrrole nitrogens is 1. The van der Waals surface area contributed by atoms with Crippen molar-refractivity contribution < 1.29 is 13.9 Å². The number of rotatable bonds is 7. The number of carbonyl (C=O) groups excluding carboxylic acids is 1. The SMILES string of the molecule is CCOC(=O)/C=C/c1ccc(/C(=C(\c2ccccc2)C2CCC2)c2ccc3[nH]nc(F)c3c2)cn1. The quantitative estimate of drug-likeness (QED) is 0.193. The Hall–Kier alpha value is -4.06. The molecule has 0 saturated heterocycles. The lowest BCUT2D eigenvalue weighted by Gasteiger charge is -2.31. The normalized spacial score (nSPS) is 14.7. The molecule has 5 nitrogen and oxygen atoms in total. The largest absolute Gasteiger partial charge is 0.463 e. The van der Waals surface area contributed by atoms with E-state index in [4.69, 9.17) is 4.74 Å². The van der Waals surface area contributed by atoms with Gasteiger partial charge in [0.25, 0.3) is 0 Å². The summed E-state index contributed by atoms with van der Waals surface area (Å²) in [7, 11) is 0. The summed E-state index contributed by atoms with van der Waals surface area (Å²) in [5, 5.41) is 6.93. The fourth-order valence-electron chi connectivity index (χ4n) is 4.51. The molecule has 0 atom stereocenters. The third-order valence-corrected chi connectivity index (χ3v) is 6.42. The lowest BCUT2D eigenvalue weighted by Crippen LogP contribution is -2.15. The Morgan fingerprint density at radius 3 is 2.57 bits per heavy atom. The number of hydrogen-bond acceptors (Lipinski definition) is 4. The molecule has 4 aromatic rings. The number of halogens is 1. The minimum absolute atomic E-state index is 0.328. The van der Waals surface area contributed by atoms with Crippen molar-refractivity contribution in [3.63, 3.8) is 0 Å². The van der Waals surface area contributed by atoms with E-state index in [0.29, 0.717) is 29.1 Å². The first-order valence-electron chi connectivity index (χ1n) is 11.9. The van der Waals surface area contributed by atoms with Crippen molar-refractivity contribution in [3.05, 3.63) is 101 Å². The third-order valence-electron chi connectivity index (χ3n) is 6.42. The van der Waals surface area contributed by atoms with Gasteiger partial charge in [0.15, 0.2) is 0 Å². The zero-order valence-corrected chi connectivity index (χ0v) is 19.5. The smallest absolute Gasteiger partial charge is 0.330 e. The number of esters is 1. The van der Waals surface area contributed by atoms with Crippen molar-refractivity contribution in [2.45, 2.75) is 26.2 Å². The number of nitrogens with zero attached hydrogens (tertiary/aromatic N) is 2. The summed E-state index contributed by atoms with van der Waals surface area (Å²) in [6, 6.07) is 20.0. The van der Waals surface area contributed by atoms with E-state index in [1.165, 1.54) is 18.1 Å². The summed E-state index contributed by atoms with van der Waals surface area (Å²) in [6.45, 7) is 2.10. The summed E-state index contributed by atoms with van der Waals surface area (Å²) in [5.41, 5.74) is 6.61. The van der Waals surface area contributed by atoms with Crippen molar-refractivity contribution in [3.8, 4) is 0 Å². The van der Waals surface area contributed by atoms with Gasteiger partial charge in [0.05, 0.1) is 23.2 Å². The number of ether oxygens (including phenoxy) is 1. The van der Waals surface area contributed by atoms with Crippen LogP contribution in [0, 0.1) is 11.9 Å². The predicted octanol–water partition coefficient (Wildman–Crippen LogP) is 6.43. The van der Waals surface area contributed by atoms with E-state index in [-0.39, 0.29) is 0 Å². The Morgan fingerprint density at radius 2 is 1.89 bits per heavy atom. The molecule has 0 aliphatic heterocycles. The highest BCUT2D eigenvalue weighted by Gasteiger charge is 2.27. The predicted molar refractivity (Wildman–Crippen MR) is 136 cm³/mol. The molecule has 0 bridgehead atoms. The maximum absolute atomic E-state index is 14.4. The van der Waals surface area contributed by atoms with Crippen molar-refractivity contribution in [2.24, 2.45) is 5.92 Å². The molecule has 0 spiro atoms. The van der Waals surface area contributed by atoms with Crippen molar-refractivity contribution >= 4 is 34.1 Å². The van der Waals surface area contributed by atoms with E-state index in [9.17, 15) is 9.18 Å². The number of fused-ring (bicyclic) bond motifs is 1. The molecule has 2 aromatic heterocycles. The number of pyridine rings is 1. The molecule has 1 N–H and O–H groups in total. The van der Waals surface area contributed by atoms with Gasteiger partial charge in [0, 0.05) is 17.8 Å². The van der Waals surface area contributed by atoms with Gasteiger partial charge < -0.3 is 4.74 Å². The van der Waals surface area contributed by atoms with Gasteiger partial charge in [-0.25, -0.2) is 4.79 Å². The molecule has 1 saturated carbocycles. The topological polar surface area (TPSA) is 67.9 Å². The molecular formula is C29H26FN3O2. The first kappa shape index (κ1) is 22.7. The minimum atomic E-state index is -0.510. The van der Waals surface area contributed by atoms with E-state index in [1.807, 2.05) is 54.7 Å². The second-order valence-electron chi connectivity index (χ2n) is 8.61.